The molecule has 0 amide bonds. The van der Waals surface area contributed by atoms with Crippen molar-refractivity contribution in [1.82, 2.24) is 0 Å². The van der Waals surface area contributed by atoms with Crippen LogP contribution in [0.3, 0.4) is 0 Å². The van der Waals surface area contributed by atoms with E-state index >= 15 is 0 Å². The van der Waals surface area contributed by atoms with Gasteiger partial charge in [0.15, 0.2) is 0 Å². The molecule has 2 aromatic rings. The second-order valence-corrected chi connectivity index (χ2v) is 8.20. The van der Waals surface area contributed by atoms with E-state index in [-0.39, 0.29) is 18.3 Å². The molecule has 0 atom stereocenters. The topological polar surface area (TPSA) is 44.5 Å². The van der Waals surface area contributed by atoms with Gasteiger partial charge in [0.25, 0.3) is 0 Å². The molecular formula is C19H24BNO2S. The number of hydrogen-bond donors (Lipinski definition) is 1. The Hall–Kier alpha value is -1.40. The maximum absolute atomic E-state index is 6.11. The average Bonchev–Trinajstić information content (AvgIpc) is 3.08. The monoisotopic (exact) mass is 341 g/mol. The summed E-state index contributed by atoms with van der Waals surface area (Å²) in [5.74, 6) is 0. The molecule has 0 saturated carbocycles. The Kier molecular flexibility index (Phi) is 4.71. The fourth-order valence-electron chi connectivity index (χ4n) is 2.59. The summed E-state index contributed by atoms with van der Waals surface area (Å²) in [5, 5.41) is 0. The Morgan fingerprint density at radius 1 is 1.04 bits per heavy atom. The van der Waals surface area contributed by atoms with Gasteiger partial charge >= 0.3 is 7.12 Å². The first-order chi connectivity index (χ1) is 11.3. The molecule has 2 N–H and O–H groups in total. The number of thiophene rings is 1. The van der Waals surface area contributed by atoms with E-state index in [1.807, 2.05) is 6.07 Å². The zero-order chi connectivity index (χ0) is 17.4. The van der Waals surface area contributed by atoms with Crippen molar-refractivity contribution < 1.29 is 9.31 Å². The molecule has 3 rings (SSSR count). The predicted octanol–water partition coefficient (Wildman–Crippen LogP) is 4.39. The van der Waals surface area contributed by atoms with Gasteiger partial charge < -0.3 is 15.0 Å². The van der Waals surface area contributed by atoms with Crippen molar-refractivity contribution in [3.05, 3.63) is 52.8 Å². The first-order valence-electron chi connectivity index (χ1n) is 8.24. The Balaban J connectivity index is 1.84. The highest BCUT2D eigenvalue weighted by Gasteiger charge is 2.52. The van der Waals surface area contributed by atoms with Gasteiger partial charge in [-0.25, -0.2) is 0 Å². The number of hydrogen-bond acceptors (Lipinski definition) is 4. The largest absolute Gasteiger partial charge is 0.491 e. The maximum atomic E-state index is 6.11. The van der Waals surface area contributed by atoms with Gasteiger partial charge in [0, 0.05) is 16.3 Å². The molecule has 1 aromatic carbocycles. The minimum atomic E-state index is -0.387. The normalized spacial score (nSPS) is 19.7. The molecule has 0 unspecified atom stereocenters. The van der Waals surface area contributed by atoms with Crippen molar-refractivity contribution in [2.75, 3.05) is 6.54 Å². The molecule has 1 fully saturated rings. The molecule has 0 radical (unpaired) electrons. The molecule has 0 aliphatic carbocycles. The molecule has 24 heavy (non-hydrogen) atoms. The van der Waals surface area contributed by atoms with Crippen LogP contribution in [0.15, 0.2) is 47.9 Å². The summed E-state index contributed by atoms with van der Waals surface area (Å²) in [7, 11) is -0.387. The Bertz CT molecular complexity index is 721. The van der Waals surface area contributed by atoms with E-state index in [0.29, 0.717) is 6.54 Å². The standard InChI is InChI=1S/C19H24BNO2S/c1-18(2)19(3,4)23-20(22-18)15(13-21)12-16-10-11-17(24-16)14-8-6-5-7-9-14/h5-12H,13,21H2,1-4H3. The van der Waals surface area contributed by atoms with Gasteiger partial charge in [0.05, 0.1) is 11.2 Å². The molecule has 1 saturated heterocycles. The number of rotatable bonds is 4. The van der Waals surface area contributed by atoms with Crippen LogP contribution in [-0.2, 0) is 9.31 Å². The smallest absolute Gasteiger partial charge is 0.400 e. The Morgan fingerprint density at radius 3 is 2.25 bits per heavy atom. The highest BCUT2D eigenvalue weighted by Crippen LogP contribution is 2.39. The molecule has 0 bridgehead atoms. The van der Waals surface area contributed by atoms with Gasteiger partial charge in [-0.1, -0.05) is 30.3 Å². The maximum Gasteiger partial charge on any atom is 0.491 e. The lowest BCUT2D eigenvalue weighted by molar-refractivity contribution is 0.00578. The van der Waals surface area contributed by atoms with E-state index in [2.05, 4.69) is 70.2 Å². The summed E-state index contributed by atoms with van der Waals surface area (Å²) < 4.78 is 12.2. The summed E-state index contributed by atoms with van der Waals surface area (Å²) in [6.45, 7) is 8.63. The van der Waals surface area contributed by atoms with E-state index in [1.165, 1.54) is 10.4 Å². The predicted molar refractivity (Wildman–Crippen MR) is 103 cm³/mol. The second-order valence-electron chi connectivity index (χ2n) is 7.08. The highest BCUT2D eigenvalue weighted by atomic mass is 32.1. The summed E-state index contributed by atoms with van der Waals surface area (Å²) >= 11 is 1.75. The third-order valence-corrected chi connectivity index (χ3v) is 5.89. The minimum Gasteiger partial charge on any atom is -0.400 e. The van der Waals surface area contributed by atoms with E-state index in [0.717, 1.165) is 10.3 Å². The van der Waals surface area contributed by atoms with Crippen LogP contribution >= 0.6 is 11.3 Å². The SMILES string of the molecule is CC1(C)OB(C(=Cc2ccc(-c3ccccc3)s2)CN)OC1(C)C. The third kappa shape index (κ3) is 3.35. The van der Waals surface area contributed by atoms with Crippen LogP contribution < -0.4 is 5.73 Å². The van der Waals surface area contributed by atoms with Gasteiger partial charge in [-0.15, -0.1) is 11.3 Å². The van der Waals surface area contributed by atoms with E-state index in [4.69, 9.17) is 15.0 Å². The molecule has 2 heterocycles. The molecule has 5 heteroatoms. The van der Waals surface area contributed by atoms with Crippen molar-refractivity contribution in [3.8, 4) is 10.4 Å². The van der Waals surface area contributed by atoms with Crippen molar-refractivity contribution in [2.24, 2.45) is 5.73 Å². The number of benzene rings is 1. The van der Waals surface area contributed by atoms with Crippen molar-refractivity contribution in [3.63, 3.8) is 0 Å². The Morgan fingerprint density at radius 2 is 1.67 bits per heavy atom. The first-order valence-corrected chi connectivity index (χ1v) is 9.05. The molecule has 0 spiro atoms. The first kappa shape index (κ1) is 17.4. The molecular weight excluding hydrogens is 317 g/mol. The third-order valence-electron chi connectivity index (χ3n) is 4.80. The molecule has 1 aromatic heterocycles. The van der Waals surface area contributed by atoms with E-state index < -0.39 is 0 Å². The quantitative estimate of drug-likeness (QED) is 0.839. The van der Waals surface area contributed by atoms with Gasteiger partial charge in [0.1, 0.15) is 0 Å². The van der Waals surface area contributed by atoms with Crippen molar-refractivity contribution in [2.45, 2.75) is 38.9 Å². The molecule has 1 aliphatic rings. The Labute approximate surface area is 148 Å². The molecule has 1 aliphatic heterocycles. The van der Waals surface area contributed by atoms with Crippen LogP contribution in [0.25, 0.3) is 16.5 Å². The van der Waals surface area contributed by atoms with Crippen LogP contribution in [0.1, 0.15) is 32.6 Å². The molecule has 126 valence electrons. The minimum absolute atomic E-state index is 0.351. The zero-order valence-electron chi connectivity index (χ0n) is 14.7. The lowest BCUT2D eigenvalue weighted by Gasteiger charge is -2.32. The van der Waals surface area contributed by atoms with Crippen molar-refractivity contribution >= 4 is 24.5 Å². The fraction of sp³-hybridized carbons (Fsp3) is 0.368. The summed E-state index contributed by atoms with van der Waals surface area (Å²) in [4.78, 5) is 2.40. The van der Waals surface area contributed by atoms with E-state index in [9.17, 15) is 0 Å². The van der Waals surface area contributed by atoms with Crippen LogP contribution in [0.4, 0.5) is 0 Å². The lowest BCUT2D eigenvalue weighted by Crippen LogP contribution is -2.41. The van der Waals surface area contributed by atoms with Gasteiger partial charge in [-0.2, -0.15) is 0 Å². The van der Waals surface area contributed by atoms with E-state index in [1.54, 1.807) is 11.3 Å². The summed E-state index contributed by atoms with van der Waals surface area (Å²) in [5.41, 5.74) is 7.47. The number of nitrogens with two attached hydrogens (primary N) is 1. The van der Waals surface area contributed by atoms with Crippen LogP contribution in [0.2, 0.25) is 0 Å². The average molecular weight is 341 g/mol. The van der Waals surface area contributed by atoms with Gasteiger partial charge in [0.2, 0.25) is 0 Å². The van der Waals surface area contributed by atoms with Gasteiger partial charge in [-0.3, -0.25) is 0 Å². The second kappa shape index (κ2) is 6.49. The fourth-order valence-corrected chi connectivity index (χ4v) is 3.58. The summed E-state index contributed by atoms with van der Waals surface area (Å²) in [6.07, 6.45) is 2.10. The zero-order valence-corrected chi connectivity index (χ0v) is 15.5. The lowest BCUT2D eigenvalue weighted by atomic mass is 9.77. The van der Waals surface area contributed by atoms with Crippen LogP contribution in [0.5, 0.6) is 0 Å². The van der Waals surface area contributed by atoms with Gasteiger partial charge in [-0.05, 0) is 56.9 Å². The summed E-state index contributed by atoms with van der Waals surface area (Å²) in [6, 6.07) is 14.6. The van der Waals surface area contributed by atoms with Crippen LogP contribution in [-0.4, -0.2) is 24.9 Å². The molecule has 3 nitrogen and oxygen atoms in total. The van der Waals surface area contributed by atoms with Crippen molar-refractivity contribution in [1.29, 1.82) is 0 Å². The van der Waals surface area contributed by atoms with Crippen LogP contribution in [0, 0.1) is 0 Å². The highest BCUT2D eigenvalue weighted by molar-refractivity contribution is 7.16.